The molecule has 1 saturated carbocycles. The maximum Gasteiger partial charge on any atom is 0.325 e. The second-order valence-corrected chi connectivity index (χ2v) is 5.65. The fourth-order valence-electron chi connectivity index (χ4n) is 3.36. The zero-order valence-electron chi connectivity index (χ0n) is 10.6. The number of carboxylic acid groups (broad SMARTS) is 1. The third-order valence-corrected chi connectivity index (χ3v) is 3.74. The molecule has 2 N–H and O–H groups in total. The van der Waals surface area contributed by atoms with Crippen molar-refractivity contribution >= 4 is 17.9 Å². The molecule has 1 aliphatic heterocycles. The first-order chi connectivity index (χ1) is 8.34. The average Bonchev–Trinajstić information content (AvgIpc) is 2.40. The van der Waals surface area contributed by atoms with Crippen LogP contribution in [0.4, 0.5) is 4.79 Å². The van der Waals surface area contributed by atoms with Crippen LogP contribution in [-0.4, -0.2) is 40.0 Å². The van der Waals surface area contributed by atoms with Crippen molar-refractivity contribution in [2.24, 2.45) is 11.8 Å². The van der Waals surface area contributed by atoms with Crippen LogP contribution in [-0.2, 0) is 9.59 Å². The molecule has 2 fully saturated rings. The van der Waals surface area contributed by atoms with E-state index in [4.69, 9.17) is 5.11 Å². The summed E-state index contributed by atoms with van der Waals surface area (Å²) in [5, 5.41) is 11.4. The van der Waals surface area contributed by atoms with E-state index in [9.17, 15) is 14.4 Å². The molecule has 0 aromatic carbocycles. The predicted molar refractivity (Wildman–Crippen MR) is 62.8 cm³/mol. The zero-order chi connectivity index (χ0) is 13.5. The number of imide groups is 1. The summed E-state index contributed by atoms with van der Waals surface area (Å²) in [5.41, 5.74) is -0.871. The summed E-state index contributed by atoms with van der Waals surface area (Å²) in [6, 6.07) is -0.580. The van der Waals surface area contributed by atoms with Crippen molar-refractivity contribution < 1.29 is 19.5 Å². The number of hydrogen-bond acceptors (Lipinski definition) is 3. The lowest BCUT2D eigenvalue weighted by molar-refractivity contribution is -0.143. The number of urea groups is 1. The maximum absolute atomic E-state index is 12.3. The summed E-state index contributed by atoms with van der Waals surface area (Å²) >= 11 is 0. The van der Waals surface area contributed by atoms with Gasteiger partial charge in [0.2, 0.25) is 0 Å². The van der Waals surface area contributed by atoms with Gasteiger partial charge in [0.15, 0.2) is 0 Å². The van der Waals surface area contributed by atoms with E-state index < -0.39 is 24.1 Å². The van der Waals surface area contributed by atoms with Crippen molar-refractivity contribution in [3.05, 3.63) is 0 Å². The number of nitrogens with zero attached hydrogens (tertiary/aromatic N) is 1. The molecule has 2 unspecified atom stereocenters. The van der Waals surface area contributed by atoms with E-state index in [1.54, 1.807) is 0 Å². The Morgan fingerprint density at radius 1 is 1.39 bits per heavy atom. The Labute approximate surface area is 105 Å². The van der Waals surface area contributed by atoms with Gasteiger partial charge < -0.3 is 10.4 Å². The van der Waals surface area contributed by atoms with Gasteiger partial charge in [-0.05, 0) is 31.1 Å². The Balaban J connectivity index is 2.22. The third-order valence-electron chi connectivity index (χ3n) is 3.74. The second kappa shape index (κ2) is 4.26. The van der Waals surface area contributed by atoms with Gasteiger partial charge in [-0.25, -0.2) is 4.79 Å². The lowest BCUT2D eigenvalue weighted by Gasteiger charge is -2.37. The Morgan fingerprint density at radius 2 is 1.94 bits per heavy atom. The van der Waals surface area contributed by atoms with Crippen LogP contribution >= 0.6 is 0 Å². The number of carbonyl (C=O) groups is 3. The summed E-state index contributed by atoms with van der Waals surface area (Å²) in [7, 11) is 0. The Hall–Kier alpha value is -1.59. The van der Waals surface area contributed by atoms with Gasteiger partial charge in [-0.3, -0.25) is 14.5 Å². The van der Waals surface area contributed by atoms with Crippen LogP contribution in [0.2, 0.25) is 0 Å². The van der Waals surface area contributed by atoms with E-state index in [1.165, 1.54) is 0 Å². The predicted octanol–water partition coefficient (Wildman–Crippen LogP) is 0.818. The van der Waals surface area contributed by atoms with Gasteiger partial charge in [-0.1, -0.05) is 13.8 Å². The Bertz CT molecular complexity index is 397. The lowest BCUT2D eigenvalue weighted by atomic mass is 9.71. The minimum Gasteiger partial charge on any atom is -0.480 e. The maximum atomic E-state index is 12.3. The van der Waals surface area contributed by atoms with Gasteiger partial charge >= 0.3 is 12.0 Å². The van der Waals surface area contributed by atoms with Gasteiger partial charge in [0.25, 0.3) is 5.91 Å². The third kappa shape index (κ3) is 2.07. The molecule has 3 amide bonds. The van der Waals surface area contributed by atoms with Crippen molar-refractivity contribution in [3.8, 4) is 0 Å². The lowest BCUT2D eigenvalue weighted by Crippen LogP contribution is -2.52. The summed E-state index contributed by atoms with van der Waals surface area (Å²) in [6.45, 7) is 3.54. The van der Waals surface area contributed by atoms with Crippen molar-refractivity contribution in [1.29, 1.82) is 0 Å². The summed E-state index contributed by atoms with van der Waals surface area (Å²) in [6.07, 6.45) is 2.22. The number of carbonyl (C=O) groups excluding carboxylic acids is 2. The molecule has 0 aromatic rings. The molecule has 100 valence electrons. The minimum atomic E-state index is -1.17. The van der Waals surface area contributed by atoms with E-state index >= 15 is 0 Å². The van der Waals surface area contributed by atoms with E-state index in [2.05, 4.69) is 19.2 Å². The van der Waals surface area contributed by atoms with E-state index in [0.29, 0.717) is 24.7 Å². The highest BCUT2D eigenvalue weighted by molar-refractivity contribution is 6.08. The number of rotatable bonds is 2. The van der Waals surface area contributed by atoms with Gasteiger partial charge in [0, 0.05) is 0 Å². The molecule has 1 spiro atoms. The van der Waals surface area contributed by atoms with Gasteiger partial charge in [-0.15, -0.1) is 0 Å². The van der Waals surface area contributed by atoms with Crippen molar-refractivity contribution in [3.63, 3.8) is 0 Å². The largest absolute Gasteiger partial charge is 0.480 e. The van der Waals surface area contributed by atoms with E-state index in [1.807, 2.05) is 0 Å². The van der Waals surface area contributed by atoms with Crippen LogP contribution in [0.25, 0.3) is 0 Å². The van der Waals surface area contributed by atoms with Crippen LogP contribution in [0, 0.1) is 11.8 Å². The molecule has 0 aromatic heterocycles. The molecule has 2 rings (SSSR count). The fraction of sp³-hybridized carbons (Fsp3) is 0.750. The number of nitrogens with one attached hydrogen (secondary N) is 1. The molecular weight excluding hydrogens is 236 g/mol. The molecule has 18 heavy (non-hydrogen) atoms. The molecule has 0 bridgehead atoms. The molecule has 6 nitrogen and oxygen atoms in total. The first-order valence-corrected chi connectivity index (χ1v) is 6.20. The quantitative estimate of drug-likeness (QED) is 0.714. The monoisotopic (exact) mass is 254 g/mol. The Kier molecular flexibility index (Phi) is 3.04. The highest BCUT2D eigenvalue weighted by atomic mass is 16.4. The number of hydrogen-bond donors (Lipinski definition) is 2. The number of aliphatic carboxylic acids is 1. The molecule has 6 heteroatoms. The summed E-state index contributed by atoms with van der Waals surface area (Å²) < 4.78 is 0. The molecule has 0 radical (unpaired) electrons. The smallest absolute Gasteiger partial charge is 0.325 e. The van der Waals surface area contributed by atoms with Crippen molar-refractivity contribution in [2.75, 3.05) is 6.54 Å². The molecule has 2 atom stereocenters. The van der Waals surface area contributed by atoms with Crippen LogP contribution < -0.4 is 5.32 Å². The zero-order valence-corrected chi connectivity index (χ0v) is 10.6. The molecule has 1 heterocycles. The first kappa shape index (κ1) is 12.9. The topological polar surface area (TPSA) is 86.7 Å². The molecule has 1 saturated heterocycles. The first-order valence-electron chi connectivity index (χ1n) is 6.20. The molecular formula is C12H18N2O4. The van der Waals surface area contributed by atoms with E-state index in [0.717, 1.165) is 11.3 Å². The van der Waals surface area contributed by atoms with Crippen molar-refractivity contribution in [1.82, 2.24) is 10.2 Å². The van der Waals surface area contributed by atoms with E-state index in [-0.39, 0.29) is 5.91 Å². The standard InChI is InChI=1S/C12H18N2O4/c1-7-3-8(2)5-12(4-7)10(17)14(6-9(15)16)11(18)13-12/h7-8H,3-6H2,1-2H3,(H,13,18)(H,15,16). The van der Waals surface area contributed by atoms with Crippen LogP contribution in [0.1, 0.15) is 33.1 Å². The highest BCUT2D eigenvalue weighted by Crippen LogP contribution is 2.39. The highest BCUT2D eigenvalue weighted by Gasteiger charge is 2.54. The summed E-state index contributed by atoms with van der Waals surface area (Å²) in [4.78, 5) is 35.5. The van der Waals surface area contributed by atoms with Crippen LogP contribution in [0.3, 0.4) is 0 Å². The molecule has 2 aliphatic rings. The van der Waals surface area contributed by atoms with Gasteiger partial charge in [0.05, 0.1) is 0 Å². The van der Waals surface area contributed by atoms with Crippen LogP contribution in [0.15, 0.2) is 0 Å². The normalized spacial score (nSPS) is 36.0. The molecule has 1 aliphatic carbocycles. The minimum absolute atomic E-state index is 0.350. The second-order valence-electron chi connectivity index (χ2n) is 5.65. The van der Waals surface area contributed by atoms with Gasteiger partial charge in [0.1, 0.15) is 12.1 Å². The van der Waals surface area contributed by atoms with Gasteiger partial charge in [-0.2, -0.15) is 0 Å². The number of carboxylic acids is 1. The van der Waals surface area contributed by atoms with Crippen LogP contribution in [0.5, 0.6) is 0 Å². The SMILES string of the molecule is CC1CC(C)CC2(C1)NC(=O)N(CC(=O)O)C2=O. The number of amides is 3. The average molecular weight is 254 g/mol. The Morgan fingerprint density at radius 3 is 2.44 bits per heavy atom. The van der Waals surface area contributed by atoms with Crippen molar-refractivity contribution in [2.45, 2.75) is 38.6 Å². The fourth-order valence-corrected chi connectivity index (χ4v) is 3.36. The summed E-state index contributed by atoms with van der Waals surface area (Å²) in [5.74, 6) is -0.855.